The normalized spacial score (nSPS) is 11.8. The SMILES string of the molecule is CC(C)(C)c1cc(C(=O)N/N=C\c2ccncc2)n[nH]1. The minimum absolute atomic E-state index is 0.0775. The lowest BCUT2D eigenvalue weighted by molar-refractivity contribution is 0.0950. The van der Waals surface area contributed by atoms with Gasteiger partial charge in [-0.3, -0.25) is 14.9 Å². The standard InChI is InChI=1S/C14H17N5O/c1-14(2,3)12-8-11(17-18-12)13(20)19-16-9-10-4-6-15-7-5-10/h4-9H,1-3H3,(H,17,18)(H,19,20)/b16-9-. The molecule has 0 aliphatic heterocycles. The Labute approximate surface area is 117 Å². The van der Waals surface area contributed by atoms with Crippen LogP contribution in [0.3, 0.4) is 0 Å². The summed E-state index contributed by atoms with van der Waals surface area (Å²) in [4.78, 5) is 15.8. The Kier molecular flexibility index (Phi) is 3.93. The highest BCUT2D eigenvalue weighted by atomic mass is 16.2. The van der Waals surface area contributed by atoms with E-state index in [-0.39, 0.29) is 11.3 Å². The first-order valence-corrected chi connectivity index (χ1v) is 6.26. The molecule has 0 radical (unpaired) electrons. The lowest BCUT2D eigenvalue weighted by atomic mass is 9.92. The molecule has 0 aromatic carbocycles. The molecule has 20 heavy (non-hydrogen) atoms. The van der Waals surface area contributed by atoms with Gasteiger partial charge >= 0.3 is 0 Å². The van der Waals surface area contributed by atoms with Gasteiger partial charge in [-0.2, -0.15) is 10.2 Å². The van der Waals surface area contributed by atoms with Crippen molar-refractivity contribution < 1.29 is 4.79 Å². The van der Waals surface area contributed by atoms with E-state index in [0.717, 1.165) is 11.3 Å². The van der Waals surface area contributed by atoms with Crippen molar-refractivity contribution in [3.63, 3.8) is 0 Å². The second-order valence-electron chi connectivity index (χ2n) is 5.40. The number of H-pyrrole nitrogens is 1. The molecule has 0 spiro atoms. The summed E-state index contributed by atoms with van der Waals surface area (Å²) < 4.78 is 0. The fraction of sp³-hybridized carbons (Fsp3) is 0.286. The molecule has 2 aromatic heterocycles. The van der Waals surface area contributed by atoms with Crippen molar-refractivity contribution >= 4 is 12.1 Å². The topological polar surface area (TPSA) is 83.0 Å². The van der Waals surface area contributed by atoms with Crippen molar-refractivity contribution in [3.8, 4) is 0 Å². The van der Waals surface area contributed by atoms with E-state index in [4.69, 9.17) is 0 Å². The molecule has 2 aromatic rings. The van der Waals surface area contributed by atoms with Gasteiger partial charge in [0.15, 0.2) is 5.69 Å². The van der Waals surface area contributed by atoms with E-state index in [1.807, 2.05) is 20.8 Å². The van der Waals surface area contributed by atoms with Gasteiger partial charge in [-0.1, -0.05) is 20.8 Å². The van der Waals surface area contributed by atoms with Gasteiger partial charge < -0.3 is 0 Å². The zero-order valence-corrected chi connectivity index (χ0v) is 11.7. The van der Waals surface area contributed by atoms with Crippen LogP contribution in [-0.2, 0) is 5.41 Å². The van der Waals surface area contributed by atoms with Crippen LogP contribution in [0.15, 0.2) is 35.7 Å². The Bertz CT molecular complexity index is 610. The minimum Gasteiger partial charge on any atom is -0.281 e. The van der Waals surface area contributed by atoms with E-state index >= 15 is 0 Å². The number of pyridine rings is 1. The van der Waals surface area contributed by atoms with E-state index < -0.39 is 0 Å². The van der Waals surface area contributed by atoms with E-state index in [0.29, 0.717) is 5.69 Å². The summed E-state index contributed by atoms with van der Waals surface area (Å²) in [6, 6.07) is 5.32. The van der Waals surface area contributed by atoms with E-state index in [1.54, 1.807) is 36.8 Å². The Morgan fingerprint density at radius 3 is 2.65 bits per heavy atom. The molecule has 0 unspecified atom stereocenters. The first kappa shape index (κ1) is 13.9. The smallest absolute Gasteiger partial charge is 0.281 e. The number of amides is 1. The van der Waals surface area contributed by atoms with Crippen LogP contribution in [0.2, 0.25) is 0 Å². The highest BCUT2D eigenvalue weighted by molar-refractivity contribution is 5.93. The highest BCUT2D eigenvalue weighted by Crippen LogP contribution is 2.20. The predicted octanol–water partition coefficient (Wildman–Crippen LogP) is 1.87. The van der Waals surface area contributed by atoms with Crippen LogP contribution in [0.25, 0.3) is 0 Å². The number of hydrogen-bond donors (Lipinski definition) is 2. The molecule has 0 saturated heterocycles. The third kappa shape index (κ3) is 3.50. The van der Waals surface area contributed by atoms with Crippen LogP contribution in [0.1, 0.15) is 42.5 Å². The van der Waals surface area contributed by atoms with Crippen LogP contribution in [-0.4, -0.2) is 27.3 Å². The minimum atomic E-state index is -0.345. The van der Waals surface area contributed by atoms with Crippen LogP contribution < -0.4 is 5.43 Å². The summed E-state index contributed by atoms with van der Waals surface area (Å²) in [6.45, 7) is 6.14. The summed E-state index contributed by atoms with van der Waals surface area (Å²) in [5.41, 5.74) is 4.45. The first-order valence-electron chi connectivity index (χ1n) is 6.26. The molecule has 0 fully saturated rings. The van der Waals surface area contributed by atoms with Gasteiger partial charge in [0.05, 0.1) is 6.21 Å². The first-order chi connectivity index (χ1) is 9.47. The summed E-state index contributed by atoms with van der Waals surface area (Å²) in [5, 5.41) is 10.7. The third-order valence-electron chi connectivity index (χ3n) is 2.70. The van der Waals surface area contributed by atoms with Gasteiger partial charge in [0.1, 0.15) is 0 Å². The molecular formula is C14H17N5O. The number of aromatic nitrogens is 3. The van der Waals surface area contributed by atoms with Crippen LogP contribution in [0.4, 0.5) is 0 Å². The zero-order chi connectivity index (χ0) is 14.6. The Morgan fingerprint density at radius 1 is 1.35 bits per heavy atom. The third-order valence-corrected chi connectivity index (χ3v) is 2.70. The molecule has 104 valence electrons. The number of hydrazone groups is 1. The van der Waals surface area contributed by atoms with Crippen molar-refractivity contribution in [2.75, 3.05) is 0 Å². The fourth-order valence-electron chi connectivity index (χ4n) is 1.49. The van der Waals surface area contributed by atoms with Gasteiger partial charge in [0.25, 0.3) is 5.91 Å². The van der Waals surface area contributed by atoms with Gasteiger partial charge in [-0.15, -0.1) is 0 Å². The number of carbonyl (C=O) groups excluding carboxylic acids is 1. The summed E-state index contributed by atoms with van der Waals surface area (Å²) in [5.74, 6) is -0.345. The van der Waals surface area contributed by atoms with Crippen molar-refractivity contribution in [1.29, 1.82) is 0 Å². The summed E-state index contributed by atoms with van der Waals surface area (Å²) >= 11 is 0. The van der Waals surface area contributed by atoms with E-state index in [9.17, 15) is 4.79 Å². The molecule has 0 atom stereocenters. The summed E-state index contributed by atoms with van der Waals surface area (Å²) in [7, 11) is 0. The second kappa shape index (κ2) is 5.64. The van der Waals surface area contributed by atoms with Crippen molar-refractivity contribution in [3.05, 3.63) is 47.5 Å². The number of aromatic amines is 1. The van der Waals surface area contributed by atoms with Crippen LogP contribution >= 0.6 is 0 Å². The Morgan fingerprint density at radius 2 is 2.05 bits per heavy atom. The largest absolute Gasteiger partial charge is 0.291 e. The zero-order valence-electron chi connectivity index (χ0n) is 11.7. The average molecular weight is 271 g/mol. The summed E-state index contributed by atoms with van der Waals surface area (Å²) in [6.07, 6.45) is 4.87. The number of rotatable bonds is 3. The predicted molar refractivity (Wildman–Crippen MR) is 76.6 cm³/mol. The molecule has 6 heteroatoms. The van der Waals surface area contributed by atoms with Gasteiger partial charge in [0.2, 0.25) is 0 Å². The van der Waals surface area contributed by atoms with E-state index in [1.165, 1.54) is 0 Å². The Hall–Kier alpha value is -2.50. The maximum absolute atomic E-state index is 11.9. The number of carbonyl (C=O) groups is 1. The highest BCUT2D eigenvalue weighted by Gasteiger charge is 2.18. The molecule has 0 aliphatic carbocycles. The second-order valence-corrected chi connectivity index (χ2v) is 5.40. The lowest BCUT2D eigenvalue weighted by Crippen LogP contribution is -2.18. The molecule has 0 bridgehead atoms. The van der Waals surface area contributed by atoms with Gasteiger partial charge in [-0.05, 0) is 23.8 Å². The fourth-order valence-corrected chi connectivity index (χ4v) is 1.49. The molecule has 2 rings (SSSR count). The number of hydrogen-bond acceptors (Lipinski definition) is 4. The van der Waals surface area contributed by atoms with E-state index in [2.05, 4.69) is 25.7 Å². The van der Waals surface area contributed by atoms with Crippen LogP contribution in [0.5, 0.6) is 0 Å². The van der Waals surface area contributed by atoms with Gasteiger partial charge in [0, 0.05) is 23.5 Å². The van der Waals surface area contributed by atoms with Gasteiger partial charge in [-0.25, -0.2) is 5.43 Å². The van der Waals surface area contributed by atoms with Crippen molar-refractivity contribution in [2.45, 2.75) is 26.2 Å². The monoisotopic (exact) mass is 271 g/mol. The number of nitrogens with zero attached hydrogens (tertiary/aromatic N) is 3. The molecule has 6 nitrogen and oxygen atoms in total. The molecular weight excluding hydrogens is 254 g/mol. The van der Waals surface area contributed by atoms with Crippen molar-refractivity contribution in [1.82, 2.24) is 20.6 Å². The molecule has 2 N–H and O–H groups in total. The Balaban J connectivity index is 1.99. The molecule has 2 heterocycles. The maximum Gasteiger partial charge on any atom is 0.291 e. The molecule has 1 amide bonds. The number of nitrogens with one attached hydrogen (secondary N) is 2. The maximum atomic E-state index is 11.9. The van der Waals surface area contributed by atoms with Crippen LogP contribution in [0, 0.1) is 0 Å². The molecule has 0 aliphatic rings. The van der Waals surface area contributed by atoms with Crippen molar-refractivity contribution in [2.24, 2.45) is 5.10 Å². The molecule has 0 saturated carbocycles. The average Bonchev–Trinajstić information content (AvgIpc) is 2.89. The lowest BCUT2D eigenvalue weighted by Gasteiger charge is -2.14. The quantitative estimate of drug-likeness (QED) is 0.660.